The number of nitrogens with zero attached hydrogens (tertiary/aromatic N) is 3. The van der Waals surface area contributed by atoms with Crippen LogP contribution in [0.25, 0.3) is 16.7 Å². The number of aromatic nitrogens is 2. The molecule has 1 saturated heterocycles. The maximum atomic E-state index is 13.3. The van der Waals surface area contributed by atoms with Crippen LogP contribution in [0, 0.1) is 17.8 Å². The molecule has 1 aliphatic rings. The van der Waals surface area contributed by atoms with Crippen LogP contribution in [0.15, 0.2) is 53.1 Å². The molecule has 1 aliphatic heterocycles. The Morgan fingerprint density at radius 1 is 1.19 bits per heavy atom. The third kappa shape index (κ3) is 6.09. The number of hydrogen-bond acceptors (Lipinski definition) is 8. The van der Waals surface area contributed by atoms with Gasteiger partial charge in [-0.1, -0.05) is 24.1 Å². The van der Waals surface area contributed by atoms with Crippen molar-refractivity contribution in [3.8, 4) is 12.3 Å². The molecule has 188 valence electrons. The number of piperazine rings is 1. The molecule has 5 N–H and O–H groups in total. The molecule has 3 aromatic rings. The predicted molar refractivity (Wildman–Crippen MR) is 138 cm³/mol. The molecule has 0 aliphatic carbocycles. The fraction of sp³-hybridized carbons (Fsp3) is 0.280. The summed E-state index contributed by atoms with van der Waals surface area (Å²) in [4.78, 5) is 12.0. The third-order valence-corrected chi connectivity index (χ3v) is 6.90. The van der Waals surface area contributed by atoms with Gasteiger partial charge >= 0.3 is 10.2 Å². The van der Waals surface area contributed by atoms with Crippen LogP contribution in [0.5, 0.6) is 0 Å². The summed E-state index contributed by atoms with van der Waals surface area (Å²) in [5, 5.41) is 10.8. The topological polar surface area (TPSA) is 131 Å². The van der Waals surface area contributed by atoms with E-state index in [9.17, 15) is 12.3 Å². The lowest BCUT2D eigenvalue weighted by Gasteiger charge is -2.33. The van der Waals surface area contributed by atoms with E-state index in [-0.39, 0.29) is 12.2 Å². The first-order chi connectivity index (χ1) is 17.3. The lowest BCUT2D eigenvalue weighted by atomic mass is 10.1. The highest BCUT2D eigenvalue weighted by Crippen LogP contribution is 2.19. The van der Waals surface area contributed by atoms with Crippen molar-refractivity contribution in [2.24, 2.45) is 5.73 Å². The number of nitrogens with one attached hydrogen (secondary N) is 3. The van der Waals surface area contributed by atoms with E-state index in [1.165, 1.54) is 18.2 Å². The van der Waals surface area contributed by atoms with Gasteiger partial charge in [-0.05, 0) is 35.4 Å². The number of terminal acetylenes is 1. The fourth-order valence-electron chi connectivity index (χ4n) is 4.13. The molecule has 0 spiro atoms. The Balaban J connectivity index is 1.46. The molecule has 0 bridgehead atoms. The molecule has 0 amide bonds. The highest BCUT2D eigenvalue weighted by Gasteiger charge is 2.17. The Labute approximate surface area is 209 Å². The standard InChI is InChI=1S/C25H28FN7O2S/c1-2-8-32-9-11-33(12-10-32)17-19-6-7-21-22(14-19)31-25(30-21)24(28)23(15-27)29-16-18-4-3-5-20(13-18)36(26,34)35/h1,3-7,13-15,27,29H,8-12,16-17,28H2,(H,30,31)/b24-23+,27-15?. The molecule has 4 rings (SSSR count). The Kier molecular flexibility index (Phi) is 7.69. The molecular formula is C25H28FN7O2S. The van der Waals surface area contributed by atoms with Crippen molar-refractivity contribution >= 4 is 33.2 Å². The number of rotatable bonds is 9. The smallest absolute Gasteiger partial charge is 0.332 e. The van der Waals surface area contributed by atoms with Gasteiger partial charge in [-0.15, -0.1) is 10.3 Å². The van der Waals surface area contributed by atoms with Gasteiger partial charge in [0, 0.05) is 45.5 Å². The van der Waals surface area contributed by atoms with Gasteiger partial charge in [0.25, 0.3) is 0 Å². The fourth-order valence-corrected chi connectivity index (χ4v) is 4.66. The van der Waals surface area contributed by atoms with Crippen molar-refractivity contribution in [2.45, 2.75) is 18.0 Å². The number of aromatic amines is 1. The predicted octanol–water partition coefficient (Wildman–Crippen LogP) is 2.04. The van der Waals surface area contributed by atoms with Gasteiger partial charge < -0.3 is 21.4 Å². The second kappa shape index (κ2) is 10.9. The molecule has 1 fully saturated rings. The van der Waals surface area contributed by atoms with Gasteiger partial charge in [0.05, 0.1) is 33.9 Å². The quantitative estimate of drug-likeness (QED) is 0.197. The Morgan fingerprint density at radius 3 is 2.64 bits per heavy atom. The van der Waals surface area contributed by atoms with Crippen molar-refractivity contribution in [3.63, 3.8) is 0 Å². The number of nitrogens with two attached hydrogens (primary N) is 1. The number of imidazole rings is 1. The summed E-state index contributed by atoms with van der Waals surface area (Å²) < 4.78 is 35.6. The Hall–Kier alpha value is -3.72. The van der Waals surface area contributed by atoms with Gasteiger partial charge in [-0.3, -0.25) is 9.80 Å². The number of allylic oxidation sites excluding steroid dienone is 1. The molecule has 11 heteroatoms. The maximum absolute atomic E-state index is 13.3. The number of halogens is 1. The van der Waals surface area contributed by atoms with E-state index in [0.717, 1.165) is 55.5 Å². The zero-order chi connectivity index (χ0) is 25.7. The van der Waals surface area contributed by atoms with Crippen LogP contribution < -0.4 is 11.1 Å². The monoisotopic (exact) mass is 509 g/mol. The van der Waals surface area contributed by atoms with Crippen molar-refractivity contribution in [1.82, 2.24) is 25.1 Å². The van der Waals surface area contributed by atoms with E-state index in [4.69, 9.17) is 17.6 Å². The second-order valence-electron chi connectivity index (χ2n) is 8.60. The molecule has 0 saturated carbocycles. The molecule has 0 radical (unpaired) electrons. The first kappa shape index (κ1) is 25.4. The Bertz CT molecular complexity index is 1430. The van der Waals surface area contributed by atoms with Crippen LogP contribution >= 0.6 is 0 Å². The van der Waals surface area contributed by atoms with Gasteiger partial charge in [0.1, 0.15) is 0 Å². The molecule has 0 atom stereocenters. The summed E-state index contributed by atoms with van der Waals surface area (Å²) in [6, 6.07) is 11.6. The molecule has 0 unspecified atom stereocenters. The normalized spacial score (nSPS) is 15.9. The van der Waals surface area contributed by atoms with E-state index in [0.29, 0.717) is 23.6 Å². The molecule has 36 heavy (non-hydrogen) atoms. The largest absolute Gasteiger partial charge is 0.394 e. The molecule has 1 aromatic heterocycles. The summed E-state index contributed by atoms with van der Waals surface area (Å²) >= 11 is 0. The minimum atomic E-state index is -4.80. The number of fused-ring (bicyclic) bond motifs is 1. The SMILES string of the molecule is C#CCN1CCN(Cc2ccc3nc(/C(N)=C(/C=N)NCc4cccc(S(=O)(=O)F)c4)[nH]c3c2)CC1. The molecular weight excluding hydrogens is 481 g/mol. The zero-order valence-corrected chi connectivity index (χ0v) is 20.5. The number of H-pyrrole nitrogens is 1. The number of benzene rings is 2. The van der Waals surface area contributed by atoms with E-state index in [1.807, 2.05) is 18.2 Å². The van der Waals surface area contributed by atoms with Gasteiger partial charge in [-0.25, -0.2) is 4.98 Å². The average Bonchev–Trinajstić information content (AvgIpc) is 3.29. The van der Waals surface area contributed by atoms with Crippen LogP contribution in [0.2, 0.25) is 0 Å². The van der Waals surface area contributed by atoms with Gasteiger partial charge in [0.2, 0.25) is 0 Å². The highest BCUT2D eigenvalue weighted by molar-refractivity contribution is 7.86. The highest BCUT2D eigenvalue weighted by atomic mass is 32.3. The van der Waals surface area contributed by atoms with Crippen LogP contribution in [0.3, 0.4) is 0 Å². The van der Waals surface area contributed by atoms with Crippen LogP contribution in [-0.4, -0.2) is 67.1 Å². The maximum Gasteiger partial charge on any atom is 0.332 e. The first-order valence-electron chi connectivity index (χ1n) is 11.4. The van der Waals surface area contributed by atoms with Crippen LogP contribution in [0.4, 0.5) is 3.89 Å². The lowest BCUT2D eigenvalue weighted by molar-refractivity contribution is 0.138. The van der Waals surface area contributed by atoms with E-state index < -0.39 is 15.1 Å². The second-order valence-corrected chi connectivity index (χ2v) is 9.95. The first-order valence-corrected chi connectivity index (χ1v) is 12.8. The van der Waals surface area contributed by atoms with Crippen LogP contribution in [0.1, 0.15) is 17.0 Å². The summed E-state index contributed by atoms with van der Waals surface area (Å²) in [5.41, 5.74) is 10.1. The van der Waals surface area contributed by atoms with Crippen molar-refractivity contribution in [2.75, 3.05) is 32.7 Å². The summed E-state index contributed by atoms with van der Waals surface area (Å²) in [6.45, 7) is 5.47. The summed E-state index contributed by atoms with van der Waals surface area (Å²) in [7, 11) is -4.80. The zero-order valence-electron chi connectivity index (χ0n) is 19.7. The van der Waals surface area contributed by atoms with E-state index in [1.54, 1.807) is 6.07 Å². The van der Waals surface area contributed by atoms with Crippen molar-refractivity contribution < 1.29 is 12.3 Å². The summed E-state index contributed by atoms with van der Waals surface area (Å²) in [5.74, 6) is 3.11. The van der Waals surface area contributed by atoms with Gasteiger partial charge in [0.15, 0.2) is 5.82 Å². The lowest BCUT2D eigenvalue weighted by Crippen LogP contribution is -2.45. The molecule has 2 heterocycles. The summed E-state index contributed by atoms with van der Waals surface area (Å²) in [6.07, 6.45) is 6.47. The van der Waals surface area contributed by atoms with Gasteiger partial charge in [-0.2, -0.15) is 8.42 Å². The minimum Gasteiger partial charge on any atom is -0.394 e. The van der Waals surface area contributed by atoms with Crippen molar-refractivity contribution in [1.29, 1.82) is 5.41 Å². The van der Waals surface area contributed by atoms with Crippen LogP contribution in [-0.2, 0) is 23.3 Å². The number of hydrogen-bond donors (Lipinski definition) is 4. The Morgan fingerprint density at radius 2 is 1.94 bits per heavy atom. The van der Waals surface area contributed by atoms with E-state index >= 15 is 0 Å². The third-order valence-electron chi connectivity index (χ3n) is 6.08. The molecule has 9 nitrogen and oxygen atoms in total. The molecule has 2 aromatic carbocycles. The minimum absolute atomic E-state index is 0.147. The average molecular weight is 510 g/mol. The van der Waals surface area contributed by atoms with Crippen molar-refractivity contribution in [3.05, 3.63) is 65.1 Å². The van der Waals surface area contributed by atoms with E-state index in [2.05, 4.69) is 31.0 Å².